The Morgan fingerprint density at radius 3 is 0.787 bits per heavy atom. The number of carbonyl (C=O) groups is 3. The van der Waals surface area contributed by atoms with Gasteiger partial charge in [0.1, 0.15) is 13.2 Å². The average Bonchev–Trinajstić information content (AvgIpc) is 3.46. The topological polar surface area (TPSA) is 78.9 Å². The molecule has 0 aliphatic heterocycles. The predicted molar refractivity (Wildman–Crippen MR) is 348 cm³/mol. The first-order valence-electron chi connectivity index (χ1n) is 32.1. The van der Waals surface area contributed by atoms with Crippen molar-refractivity contribution in [3.63, 3.8) is 0 Å². The minimum absolute atomic E-state index is 0.111. The van der Waals surface area contributed by atoms with Crippen LogP contribution in [0.2, 0.25) is 0 Å². The van der Waals surface area contributed by atoms with Gasteiger partial charge in [-0.2, -0.15) is 0 Å². The van der Waals surface area contributed by atoms with Gasteiger partial charge in [0.15, 0.2) is 6.10 Å². The monoisotopic (exact) mass is 1100 g/mol. The number of unbranched alkanes of at least 4 members (excludes halogenated alkanes) is 17. The predicted octanol–water partition coefficient (Wildman–Crippen LogP) is 22.3. The summed E-state index contributed by atoms with van der Waals surface area (Å²) in [5.41, 5.74) is 0. The number of ether oxygens (including phenoxy) is 3. The molecule has 0 heterocycles. The Labute approximate surface area is 492 Å². The van der Waals surface area contributed by atoms with Crippen LogP contribution in [0.3, 0.4) is 0 Å². The SMILES string of the molecule is CC/C=C\C/C=C\C/C=C\C/C=C\C/C=C\C/C=C\C/C=C\C/C=C\CCCCCCCCCCC(=O)OCC(COC(=O)CCCCCCC/C=C\C/C=C\CCCC)OC(=O)CCCC/C=C\C/C=C\C/C=C\C/C=C\CC. The number of hydrogen-bond donors (Lipinski definition) is 0. The van der Waals surface area contributed by atoms with Gasteiger partial charge < -0.3 is 14.2 Å². The normalized spacial score (nSPS) is 13.3. The highest BCUT2D eigenvalue weighted by molar-refractivity contribution is 5.71. The van der Waals surface area contributed by atoms with E-state index in [0.29, 0.717) is 19.3 Å². The zero-order valence-electron chi connectivity index (χ0n) is 51.3. The Hall–Kier alpha value is -5.23. The van der Waals surface area contributed by atoms with E-state index in [1.807, 2.05) is 0 Å². The molecule has 1 atom stereocenters. The summed E-state index contributed by atoms with van der Waals surface area (Å²) in [6.45, 7) is 6.31. The van der Waals surface area contributed by atoms with Gasteiger partial charge in [0, 0.05) is 19.3 Å². The molecule has 1 unspecified atom stereocenters. The molecule has 0 aromatic heterocycles. The summed E-state index contributed by atoms with van der Waals surface area (Å²) >= 11 is 0. The molecular formula is C74H116O6. The highest BCUT2D eigenvalue weighted by Gasteiger charge is 2.19. The van der Waals surface area contributed by atoms with Crippen LogP contribution in [0.15, 0.2) is 170 Å². The number of rotatable bonds is 56. The molecule has 0 radical (unpaired) electrons. The summed E-state index contributed by atoms with van der Waals surface area (Å²) < 4.78 is 16.8. The molecule has 448 valence electrons. The molecule has 0 rings (SSSR count). The highest BCUT2D eigenvalue weighted by Crippen LogP contribution is 2.14. The van der Waals surface area contributed by atoms with E-state index in [4.69, 9.17) is 14.2 Å². The van der Waals surface area contributed by atoms with Gasteiger partial charge in [-0.3, -0.25) is 14.4 Å². The van der Waals surface area contributed by atoms with Crippen molar-refractivity contribution < 1.29 is 28.6 Å². The maximum absolute atomic E-state index is 12.9. The minimum atomic E-state index is -0.818. The van der Waals surface area contributed by atoms with E-state index in [-0.39, 0.29) is 37.5 Å². The third-order valence-electron chi connectivity index (χ3n) is 12.9. The molecule has 80 heavy (non-hydrogen) atoms. The second-order valence-electron chi connectivity index (χ2n) is 20.5. The van der Waals surface area contributed by atoms with Gasteiger partial charge in [-0.15, -0.1) is 0 Å². The molecule has 0 aromatic rings. The standard InChI is InChI=1S/C74H116O6/c1-4-7-10-13-16-19-22-25-28-29-30-31-32-33-34-35-36-37-38-39-40-41-42-43-44-45-47-49-52-55-58-61-64-67-73(76)79-70-71(69-78-72(75)66-63-60-57-54-51-48-27-24-21-18-15-12-9-6-3)80-74(77)68-65-62-59-56-53-50-46-26-23-20-17-14-11-8-5-2/h7-8,10-11,15-20,24-28,30-31,33-34,36-37,39-40,42-43,46,53,56,71H,4-6,9,12-14,21-23,29,32,35,38,41,44-45,47-52,54-55,57-70H2,1-3H3/b10-7-,11-8-,18-15-,19-16-,20-17-,27-24-,28-25-,31-30-,34-33-,37-36-,40-39-,43-42-,46-26-,56-53-. The second kappa shape index (κ2) is 66.3. The molecule has 0 fully saturated rings. The fraction of sp³-hybridized carbons (Fsp3) is 0.581. The molecule has 0 N–H and O–H groups in total. The van der Waals surface area contributed by atoms with Crippen LogP contribution in [-0.2, 0) is 28.6 Å². The van der Waals surface area contributed by atoms with Crippen molar-refractivity contribution in [3.05, 3.63) is 170 Å². The van der Waals surface area contributed by atoms with Crippen LogP contribution < -0.4 is 0 Å². The van der Waals surface area contributed by atoms with Gasteiger partial charge in [-0.1, -0.05) is 262 Å². The van der Waals surface area contributed by atoms with E-state index in [0.717, 1.165) is 161 Å². The second-order valence-corrected chi connectivity index (χ2v) is 20.5. The lowest BCUT2D eigenvalue weighted by molar-refractivity contribution is -0.167. The van der Waals surface area contributed by atoms with E-state index in [1.165, 1.54) is 51.4 Å². The molecule has 0 spiro atoms. The summed E-state index contributed by atoms with van der Waals surface area (Å²) in [6.07, 6.45) is 97.9. The van der Waals surface area contributed by atoms with Crippen LogP contribution in [0, 0.1) is 0 Å². The van der Waals surface area contributed by atoms with E-state index in [1.54, 1.807) is 0 Å². The summed E-state index contributed by atoms with van der Waals surface area (Å²) in [5.74, 6) is -0.980. The Morgan fingerprint density at radius 2 is 0.487 bits per heavy atom. The van der Waals surface area contributed by atoms with Crippen LogP contribution in [0.1, 0.15) is 258 Å². The molecule has 0 aliphatic rings. The van der Waals surface area contributed by atoms with Crippen molar-refractivity contribution in [1.82, 2.24) is 0 Å². The average molecular weight is 1100 g/mol. The summed E-state index contributed by atoms with van der Waals surface area (Å²) in [5, 5.41) is 0. The first kappa shape index (κ1) is 74.8. The maximum Gasteiger partial charge on any atom is 0.306 e. The van der Waals surface area contributed by atoms with Gasteiger partial charge in [0.25, 0.3) is 0 Å². The number of carbonyl (C=O) groups excluding carboxylic acids is 3. The Kier molecular flexibility index (Phi) is 61.9. The Balaban J connectivity index is 4.34. The number of allylic oxidation sites excluding steroid dienone is 28. The van der Waals surface area contributed by atoms with E-state index >= 15 is 0 Å². The first-order valence-corrected chi connectivity index (χ1v) is 32.1. The molecule has 6 heteroatoms. The molecular weight excluding hydrogens is 985 g/mol. The van der Waals surface area contributed by atoms with Crippen molar-refractivity contribution in [2.45, 2.75) is 264 Å². The third kappa shape index (κ3) is 63.6. The summed E-state index contributed by atoms with van der Waals surface area (Å²) in [4.78, 5) is 38.2. The molecule has 0 aliphatic carbocycles. The summed E-state index contributed by atoms with van der Waals surface area (Å²) in [6, 6.07) is 0. The molecule has 0 bridgehead atoms. The van der Waals surface area contributed by atoms with Crippen molar-refractivity contribution in [3.8, 4) is 0 Å². The van der Waals surface area contributed by atoms with Crippen LogP contribution >= 0.6 is 0 Å². The third-order valence-corrected chi connectivity index (χ3v) is 12.9. The van der Waals surface area contributed by atoms with Gasteiger partial charge in [0.05, 0.1) is 0 Å². The van der Waals surface area contributed by atoms with E-state index in [9.17, 15) is 14.4 Å². The van der Waals surface area contributed by atoms with Gasteiger partial charge in [-0.05, 0) is 148 Å². The van der Waals surface area contributed by atoms with Crippen molar-refractivity contribution >= 4 is 17.9 Å². The quantitative estimate of drug-likeness (QED) is 0.0261. The van der Waals surface area contributed by atoms with Crippen LogP contribution in [0.5, 0.6) is 0 Å². The van der Waals surface area contributed by atoms with Gasteiger partial charge in [-0.25, -0.2) is 0 Å². The lowest BCUT2D eigenvalue weighted by Crippen LogP contribution is -2.30. The highest BCUT2D eigenvalue weighted by atomic mass is 16.6. The number of hydrogen-bond acceptors (Lipinski definition) is 6. The lowest BCUT2D eigenvalue weighted by atomic mass is 10.1. The lowest BCUT2D eigenvalue weighted by Gasteiger charge is -2.18. The molecule has 0 saturated heterocycles. The van der Waals surface area contributed by atoms with Crippen molar-refractivity contribution in [1.29, 1.82) is 0 Å². The molecule has 0 saturated carbocycles. The van der Waals surface area contributed by atoms with Crippen LogP contribution in [0.25, 0.3) is 0 Å². The fourth-order valence-corrected chi connectivity index (χ4v) is 8.17. The van der Waals surface area contributed by atoms with E-state index < -0.39 is 6.10 Å². The van der Waals surface area contributed by atoms with Crippen molar-refractivity contribution in [2.24, 2.45) is 0 Å². The molecule has 0 aromatic carbocycles. The van der Waals surface area contributed by atoms with Crippen LogP contribution in [0.4, 0.5) is 0 Å². The largest absolute Gasteiger partial charge is 0.462 e. The first-order chi connectivity index (χ1) is 39.5. The molecule has 6 nitrogen and oxygen atoms in total. The maximum atomic E-state index is 12.9. The zero-order valence-corrected chi connectivity index (χ0v) is 51.3. The fourth-order valence-electron chi connectivity index (χ4n) is 8.17. The Morgan fingerprint density at radius 1 is 0.263 bits per heavy atom. The Bertz CT molecular complexity index is 1840. The molecule has 0 amide bonds. The van der Waals surface area contributed by atoms with Gasteiger partial charge >= 0.3 is 17.9 Å². The minimum Gasteiger partial charge on any atom is -0.462 e. The van der Waals surface area contributed by atoms with Crippen LogP contribution in [-0.4, -0.2) is 37.2 Å². The van der Waals surface area contributed by atoms with Gasteiger partial charge in [0.2, 0.25) is 0 Å². The zero-order chi connectivity index (χ0) is 57.8. The van der Waals surface area contributed by atoms with Crippen molar-refractivity contribution in [2.75, 3.05) is 13.2 Å². The summed E-state index contributed by atoms with van der Waals surface area (Å²) in [7, 11) is 0. The van der Waals surface area contributed by atoms with E-state index in [2.05, 4.69) is 191 Å². The number of esters is 3. The smallest absolute Gasteiger partial charge is 0.306 e.